The summed E-state index contributed by atoms with van der Waals surface area (Å²) in [6.45, 7) is 2.59. The normalized spacial score (nSPS) is 11.0. The summed E-state index contributed by atoms with van der Waals surface area (Å²) in [5, 5.41) is 5.31. The lowest BCUT2D eigenvalue weighted by atomic mass is 10.1. The molecule has 0 saturated carbocycles. The van der Waals surface area contributed by atoms with Crippen molar-refractivity contribution in [2.45, 2.75) is 26.3 Å². The fourth-order valence-electron chi connectivity index (χ4n) is 3.42. The van der Waals surface area contributed by atoms with Crippen molar-refractivity contribution < 1.29 is 9.18 Å². The second-order valence-electron chi connectivity index (χ2n) is 7.38. The summed E-state index contributed by atoms with van der Waals surface area (Å²) < 4.78 is 15.1. The number of rotatable bonds is 7. The van der Waals surface area contributed by atoms with Crippen molar-refractivity contribution >= 4 is 27.5 Å². The van der Waals surface area contributed by atoms with Crippen LogP contribution in [0.5, 0.6) is 0 Å². The van der Waals surface area contributed by atoms with E-state index >= 15 is 0 Å². The van der Waals surface area contributed by atoms with Crippen LogP contribution in [-0.2, 0) is 17.8 Å². The average molecular weight is 436 g/mol. The lowest BCUT2D eigenvalue weighted by Crippen LogP contribution is -2.29. The first-order valence-corrected chi connectivity index (χ1v) is 10.9. The van der Waals surface area contributed by atoms with E-state index in [0.29, 0.717) is 28.7 Å². The van der Waals surface area contributed by atoms with Crippen molar-refractivity contribution in [1.82, 2.24) is 14.9 Å². The lowest BCUT2D eigenvalue weighted by molar-refractivity contribution is -0.121. The molecule has 4 rings (SSSR count). The molecule has 0 spiro atoms. The van der Waals surface area contributed by atoms with E-state index in [4.69, 9.17) is 0 Å². The molecular weight excluding hydrogens is 413 g/mol. The minimum Gasteiger partial charge on any atom is -0.356 e. The number of nitrogens with one attached hydrogen (secondary N) is 1. The van der Waals surface area contributed by atoms with Crippen LogP contribution in [0.1, 0.15) is 17.5 Å². The van der Waals surface area contributed by atoms with Gasteiger partial charge in [-0.25, -0.2) is 9.37 Å². The van der Waals surface area contributed by atoms with Crippen LogP contribution in [0.2, 0.25) is 0 Å². The van der Waals surface area contributed by atoms with Gasteiger partial charge in [0.05, 0.1) is 11.7 Å². The topological polar surface area (TPSA) is 64.0 Å². The molecule has 0 unspecified atom stereocenters. The quantitative estimate of drug-likeness (QED) is 0.470. The molecule has 0 atom stereocenters. The number of hydrogen-bond acceptors (Lipinski definition) is 4. The standard InChI is InChI=1S/C24H22FN3O2S/c1-16-6-8-17(9-7-16)19-14-31-23-22(19)24(30)28(15-27-23)13-11-21(29)26-12-10-18-4-2-3-5-20(18)25/h2-9,14-15H,10-13H2,1H3,(H,26,29). The van der Waals surface area contributed by atoms with E-state index in [1.54, 1.807) is 18.2 Å². The Bertz CT molecular complexity index is 1280. The molecule has 2 aromatic carbocycles. The fourth-order valence-corrected chi connectivity index (χ4v) is 4.33. The zero-order valence-corrected chi connectivity index (χ0v) is 17.9. The van der Waals surface area contributed by atoms with Crippen molar-refractivity contribution in [2.24, 2.45) is 0 Å². The van der Waals surface area contributed by atoms with Crippen molar-refractivity contribution in [3.8, 4) is 11.1 Å². The SMILES string of the molecule is Cc1ccc(-c2csc3ncn(CCC(=O)NCCc4ccccc4F)c(=O)c23)cc1. The van der Waals surface area contributed by atoms with Gasteiger partial charge < -0.3 is 5.32 Å². The predicted octanol–water partition coefficient (Wildman–Crippen LogP) is 4.32. The Balaban J connectivity index is 1.43. The fraction of sp³-hybridized carbons (Fsp3) is 0.208. The van der Waals surface area contributed by atoms with Gasteiger partial charge in [-0.15, -0.1) is 11.3 Å². The summed E-state index contributed by atoms with van der Waals surface area (Å²) >= 11 is 1.44. The molecule has 0 aliphatic rings. The summed E-state index contributed by atoms with van der Waals surface area (Å²) in [6, 6.07) is 14.5. The van der Waals surface area contributed by atoms with Crippen LogP contribution in [0, 0.1) is 12.7 Å². The number of fused-ring (bicyclic) bond motifs is 1. The number of halogens is 1. The first-order valence-electron chi connectivity index (χ1n) is 10.1. The Morgan fingerprint density at radius 1 is 1.16 bits per heavy atom. The molecule has 5 nitrogen and oxygen atoms in total. The maximum atomic E-state index is 13.6. The molecule has 1 N–H and O–H groups in total. The van der Waals surface area contributed by atoms with Gasteiger partial charge in [0.1, 0.15) is 10.6 Å². The summed E-state index contributed by atoms with van der Waals surface area (Å²) in [5.41, 5.74) is 3.40. The summed E-state index contributed by atoms with van der Waals surface area (Å²) in [5.74, 6) is -0.463. The molecule has 31 heavy (non-hydrogen) atoms. The Labute approximate surface area is 183 Å². The molecule has 0 bridgehead atoms. The van der Waals surface area contributed by atoms with Gasteiger partial charge in [0.25, 0.3) is 5.56 Å². The number of thiophene rings is 1. The van der Waals surface area contributed by atoms with Gasteiger partial charge in [0.2, 0.25) is 5.91 Å². The maximum absolute atomic E-state index is 13.6. The van der Waals surface area contributed by atoms with Gasteiger partial charge >= 0.3 is 0 Å². The van der Waals surface area contributed by atoms with Crippen LogP contribution in [-0.4, -0.2) is 22.0 Å². The minimum atomic E-state index is -0.275. The Morgan fingerprint density at radius 3 is 2.71 bits per heavy atom. The second-order valence-corrected chi connectivity index (χ2v) is 8.24. The zero-order valence-electron chi connectivity index (χ0n) is 17.1. The van der Waals surface area contributed by atoms with Crippen LogP contribution in [0.25, 0.3) is 21.3 Å². The number of carbonyl (C=O) groups excluding carboxylic acids is 1. The Morgan fingerprint density at radius 2 is 1.94 bits per heavy atom. The molecule has 0 saturated heterocycles. The van der Waals surface area contributed by atoms with Gasteiger partial charge in [-0.05, 0) is 30.5 Å². The van der Waals surface area contributed by atoms with Crippen LogP contribution < -0.4 is 10.9 Å². The number of carbonyl (C=O) groups is 1. The molecule has 1 amide bonds. The summed E-state index contributed by atoms with van der Waals surface area (Å²) in [7, 11) is 0. The monoisotopic (exact) mass is 435 g/mol. The second kappa shape index (κ2) is 9.22. The molecule has 158 valence electrons. The zero-order chi connectivity index (χ0) is 21.8. The highest BCUT2D eigenvalue weighted by Gasteiger charge is 2.14. The van der Waals surface area contributed by atoms with Gasteiger partial charge in [-0.3, -0.25) is 14.2 Å². The highest BCUT2D eigenvalue weighted by Crippen LogP contribution is 2.30. The Hall–Kier alpha value is -3.32. The van der Waals surface area contributed by atoms with Gasteiger partial charge in [0.15, 0.2) is 0 Å². The Kier molecular flexibility index (Phi) is 6.23. The molecule has 0 radical (unpaired) electrons. The van der Waals surface area contributed by atoms with E-state index in [1.165, 1.54) is 28.3 Å². The molecule has 0 aliphatic heterocycles. The number of nitrogens with zero attached hydrogens (tertiary/aromatic N) is 2. The van der Waals surface area contributed by atoms with Crippen LogP contribution in [0.4, 0.5) is 4.39 Å². The number of aryl methyl sites for hydroxylation is 2. The number of hydrogen-bond donors (Lipinski definition) is 1. The predicted molar refractivity (Wildman–Crippen MR) is 122 cm³/mol. The van der Waals surface area contributed by atoms with Crippen LogP contribution in [0.15, 0.2) is 65.0 Å². The van der Waals surface area contributed by atoms with E-state index < -0.39 is 0 Å². The van der Waals surface area contributed by atoms with Crippen molar-refractivity contribution in [1.29, 1.82) is 0 Å². The van der Waals surface area contributed by atoms with E-state index in [-0.39, 0.29) is 30.2 Å². The number of benzene rings is 2. The molecule has 7 heteroatoms. The minimum absolute atomic E-state index is 0.147. The van der Waals surface area contributed by atoms with E-state index in [1.807, 2.05) is 36.6 Å². The molecule has 2 aromatic heterocycles. The summed E-state index contributed by atoms with van der Waals surface area (Å²) in [6.07, 6.45) is 2.06. The number of amides is 1. The third-order valence-electron chi connectivity index (χ3n) is 5.18. The van der Waals surface area contributed by atoms with Crippen molar-refractivity contribution in [3.63, 3.8) is 0 Å². The van der Waals surface area contributed by atoms with Crippen LogP contribution in [0.3, 0.4) is 0 Å². The van der Waals surface area contributed by atoms with Gasteiger partial charge in [0, 0.05) is 30.5 Å². The van der Waals surface area contributed by atoms with E-state index in [0.717, 1.165) is 16.7 Å². The molecule has 2 heterocycles. The van der Waals surface area contributed by atoms with Crippen molar-refractivity contribution in [2.75, 3.05) is 6.54 Å². The largest absolute Gasteiger partial charge is 0.356 e. The first kappa shape index (κ1) is 20.9. The number of aromatic nitrogens is 2. The third kappa shape index (κ3) is 4.72. The van der Waals surface area contributed by atoms with Gasteiger partial charge in [-0.2, -0.15) is 0 Å². The van der Waals surface area contributed by atoms with Crippen molar-refractivity contribution in [3.05, 3.63) is 87.5 Å². The lowest BCUT2D eigenvalue weighted by Gasteiger charge is -2.08. The highest BCUT2D eigenvalue weighted by atomic mass is 32.1. The highest BCUT2D eigenvalue weighted by molar-refractivity contribution is 7.17. The molecular formula is C24H22FN3O2S. The maximum Gasteiger partial charge on any atom is 0.262 e. The van der Waals surface area contributed by atoms with E-state index in [9.17, 15) is 14.0 Å². The summed E-state index contributed by atoms with van der Waals surface area (Å²) in [4.78, 5) is 30.3. The average Bonchev–Trinajstić information content (AvgIpc) is 3.20. The smallest absolute Gasteiger partial charge is 0.262 e. The van der Waals surface area contributed by atoms with Gasteiger partial charge in [-0.1, -0.05) is 48.0 Å². The third-order valence-corrected chi connectivity index (χ3v) is 6.06. The molecule has 4 aromatic rings. The van der Waals surface area contributed by atoms with E-state index in [2.05, 4.69) is 10.3 Å². The van der Waals surface area contributed by atoms with Crippen LogP contribution >= 0.6 is 11.3 Å². The first-order chi connectivity index (χ1) is 15.0. The molecule has 0 fully saturated rings. The molecule has 0 aliphatic carbocycles.